The molecule has 0 fully saturated rings. The monoisotopic (exact) mass is 498 g/mol. The van der Waals surface area contributed by atoms with Gasteiger partial charge in [0.1, 0.15) is 5.75 Å². The summed E-state index contributed by atoms with van der Waals surface area (Å²) < 4.78 is 5.48. The molecule has 0 aliphatic heterocycles. The van der Waals surface area contributed by atoms with Crippen LogP contribution in [0.2, 0.25) is 10.0 Å². The number of hydrogen-bond acceptors (Lipinski definition) is 5. The van der Waals surface area contributed by atoms with Crippen LogP contribution in [-0.2, 0) is 14.4 Å². The summed E-state index contributed by atoms with van der Waals surface area (Å²) in [6.45, 7) is 1.75. The van der Waals surface area contributed by atoms with Crippen LogP contribution in [0.4, 0.5) is 11.4 Å². The molecule has 0 aromatic heterocycles. The molecule has 0 aliphatic carbocycles. The van der Waals surface area contributed by atoms with E-state index in [1.807, 2.05) is 31.2 Å². The lowest BCUT2D eigenvalue weighted by atomic mass is 10.2. The molecule has 0 saturated heterocycles. The Morgan fingerprint density at radius 1 is 0.882 bits per heavy atom. The maximum atomic E-state index is 12.1. The highest BCUT2D eigenvalue weighted by atomic mass is 35.5. The minimum absolute atomic E-state index is 0.129. The van der Waals surface area contributed by atoms with Crippen molar-refractivity contribution in [3.8, 4) is 5.75 Å². The normalized spacial score (nSPS) is 10.6. The number of anilines is 2. The molecule has 0 atom stereocenters. The van der Waals surface area contributed by atoms with Gasteiger partial charge >= 0.3 is 11.8 Å². The number of ether oxygens (including phenoxy) is 1. The van der Waals surface area contributed by atoms with E-state index in [1.165, 1.54) is 12.3 Å². The number of carbonyl (C=O) groups excluding carboxylic acids is 3. The van der Waals surface area contributed by atoms with Gasteiger partial charge in [0.05, 0.1) is 21.9 Å². The number of halogens is 2. The number of nitrogens with one attached hydrogen (secondary N) is 3. The highest BCUT2D eigenvalue weighted by molar-refractivity contribution is 6.45. The van der Waals surface area contributed by atoms with Gasteiger partial charge in [-0.15, -0.1) is 0 Å². The van der Waals surface area contributed by atoms with E-state index in [2.05, 4.69) is 21.2 Å². The third-order valence-corrected chi connectivity index (χ3v) is 5.27. The lowest BCUT2D eigenvalue weighted by molar-refractivity contribution is -0.136. The molecule has 0 radical (unpaired) electrons. The molecule has 0 spiro atoms. The van der Waals surface area contributed by atoms with Crippen LogP contribution in [0.25, 0.3) is 0 Å². The van der Waals surface area contributed by atoms with Gasteiger partial charge in [-0.1, -0.05) is 47.5 Å². The van der Waals surface area contributed by atoms with E-state index in [4.69, 9.17) is 27.9 Å². The van der Waals surface area contributed by atoms with E-state index in [1.54, 1.807) is 36.4 Å². The summed E-state index contributed by atoms with van der Waals surface area (Å²) in [6, 6.07) is 18.8. The maximum absolute atomic E-state index is 12.1. The Kier molecular flexibility index (Phi) is 8.61. The number of rotatable bonds is 7. The lowest BCUT2D eigenvalue weighted by Crippen LogP contribution is -2.32. The van der Waals surface area contributed by atoms with E-state index in [9.17, 15) is 14.4 Å². The van der Waals surface area contributed by atoms with Gasteiger partial charge in [-0.05, 0) is 60.5 Å². The van der Waals surface area contributed by atoms with Gasteiger partial charge in [0.2, 0.25) is 0 Å². The average molecular weight is 499 g/mol. The zero-order chi connectivity index (χ0) is 24.5. The third kappa shape index (κ3) is 7.06. The first-order valence-corrected chi connectivity index (χ1v) is 10.8. The first-order valence-electron chi connectivity index (χ1n) is 10.00. The van der Waals surface area contributed by atoms with Gasteiger partial charge in [-0.25, -0.2) is 5.43 Å². The molecule has 10 heteroatoms. The van der Waals surface area contributed by atoms with Gasteiger partial charge in [-0.3, -0.25) is 14.4 Å². The van der Waals surface area contributed by atoms with Crippen molar-refractivity contribution in [3.05, 3.63) is 87.9 Å². The number of hydrogen-bond donors (Lipinski definition) is 3. The number of nitrogens with zero attached hydrogens (tertiary/aromatic N) is 1. The summed E-state index contributed by atoms with van der Waals surface area (Å²) in [5.74, 6) is -1.72. The molecule has 0 aliphatic rings. The molecule has 0 saturated carbocycles. The number of hydrazone groups is 1. The number of benzene rings is 3. The van der Waals surface area contributed by atoms with E-state index in [0.29, 0.717) is 11.3 Å². The summed E-state index contributed by atoms with van der Waals surface area (Å²) in [5.41, 5.74) is 4.66. The van der Waals surface area contributed by atoms with Crippen LogP contribution in [0.15, 0.2) is 71.8 Å². The van der Waals surface area contributed by atoms with Crippen LogP contribution in [-0.4, -0.2) is 30.5 Å². The first-order chi connectivity index (χ1) is 16.3. The third-order valence-electron chi connectivity index (χ3n) is 4.45. The molecule has 8 nitrogen and oxygen atoms in total. The smallest absolute Gasteiger partial charge is 0.329 e. The Morgan fingerprint density at radius 3 is 2.32 bits per heavy atom. The van der Waals surface area contributed by atoms with Crippen molar-refractivity contribution in [2.75, 3.05) is 17.2 Å². The molecular formula is C24H20Cl2N4O4. The second-order valence-corrected chi connectivity index (χ2v) is 7.76. The summed E-state index contributed by atoms with van der Waals surface area (Å²) in [6.07, 6.45) is 1.35. The Labute approximate surface area is 205 Å². The number of carbonyl (C=O) groups is 3. The number of aryl methyl sites for hydroxylation is 1. The van der Waals surface area contributed by atoms with Gasteiger partial charge in [0, 0.05) is 5.69 Å². The molecule has 0 bridgehead atoms. The molecule has 3 aromatic rings. The largest absolute Gasteiger partial charge is 0.484 e. The van der Waals surface area contributed by atoms with Crippen molar-refractivity contribution in [2.24, 2.45) is 5.10 Å². The summed E-state index contributed by atoms with van der Waals surface area (Å²) in [7, 11) is 0. The van der Waals surface area contributed by atoms with Crippen LogP contribution in [0, 0.1) is 6.92 Å². The van der Waals surface area contributed by atoms with Crippen LogP contribution < -0.4 is 20.8 Å². The topological polar surface area (TPSA) is 109 Å². The highest BCUT2D eigenvalue weighted by Crippen LogP contribution is 2.29. The first kappa shape index (κ1) is 24.8. The van der Waals surface area contributed by atoms with E-state index >= 15 is 0 Å². The van der Waals surface area contributed by atoms with Gasteiger partial charge in [0.25, 0.3) is 5.91 Å². The zero-order valence-corrected chi connectivity index (χ0v) is 19.5. The van der Waals surface area contributed by atoms with Crippen molar-refractivity contribution in [1.29, 1.82) is 0 Å². The molecule has 3 N–H and O–H groups in total. The van der Waals surface area contributed by atoms with E-state index < -0.39 is 11.8 Å². The fourth-order valence-electron chi connectivity index (χ4n) is 2.69. The van der Waals surface area contributed by atoms with Crippen molar-refractivity contribution < 1.29 is 19.1 Å². The second-order valence-electron chi connectivity index (χ2n) is 6.98. The van der Waals surface area contributed by atoms with Gasteiger partial charge in [-0.2, -0.15) is 5.10 Å². The fourth-order valence-corrected chi connectivity index (χ4v) is 3.04. The minimum atomic E-state index is -0.980. The molecule has 34 heavy (non-hydrogen) atoms. The van der Waals surface area contributed by atoms with Crippen molar-refractivity contribution in [1.82, 2.24) is 5.43 Å². The van der Waals surface area contributed by atoms with Crippen molar-refractivity contribution in [2.45, 2.75) is 6.92 Å². The summed E-state index contributed by atoms with van der Waals surface area (Å²) >= 11 is 11.9. The number of amides is 3. The second kappa shape index (κ2) is 11.8. The van der Waals surface area contributed by atoms with Crippen LogP contribution in [0.3, 0.4) is 0 Å². The van der Waals surface area contributed by atoms with Crippen molar-refractivity contribution >= 4 is 58.5 Å². The molecule has 0 unspecified atom stereocenters. The molecule has 3 amide bonds. The van der Waals surface area contributed by atoms with E-state index in [0.717, 1.165) is 11.3 Å². The van der Waals surface area contributed by atoms with Gasteiger partial charge in [0.15, 0.2) is 6.61 Å². The zero-order valence-electron chi connectivity index (χ0n) is 18.0. The quantitative estimate of drug-likeness (QED) is 0.254. The Morgan fingerprint density at radius 2 is 1.59 bits per heavy atom. The maximum Gasteiger partial charge on any atom is 0.329 e. The minimum Gasteiger partial charge on any atom is -0.484 e. The molecule has 174 valence electrons. The number of para-hydroxylation sites is 1. The van der Waals surface area contributed by atoms with Crippen LogP contribution >= 0.6 is 23.2 Å². The van der Waals surface area contributed by atoms with Crippen LogP contribution in [0.1, 0.15) is 11.1 Å². The molecule has 3 rings (SSSR count). The molecular weight excluding hydrogens is 479 g/mol. The highest BCUT2D eigenvalue weighted by Gasteiger charge is 2.15. The van der Waals surface area contributed by atoms with Crippen LogP contribution in [0.5, 0.6) is 5.75 Å². The Bertz CT molecular complexity index is 1230. The predicted octanol–water partition coefficient (Wildman–Crippen LogP) is 4.41. The Hall–Kier alpha value is -3.88. The molecule has 3 aromatic carbocycles. The Balaban J connectivity index is 1.45. The average Bonchev–Trinajstić information content (AvgIpc) is 2.83. The standard InChI is InChI=1S/C24H20Cl2N4O4/c1-15-5-2-3-7-19(15)28-21(31)14-34-17-11-9-16(10-12-17)13-27-30-24(33)23(32)29-20-8-4-6-18(25)22(20)26/h2-13H,14H2,1H3,(H,28,31)(H,29,32)(H,30,33)/b27-13-. The van der Waals surface area contributed by atoms with Crippen molar-refractivity contribution in [3.63, 3.8) is 0 Å². The van der Waals surface area contributed by atoms with Gasteiger partial charge < -0.3 is 15.4 Å². The lowest BCUT2D eigenvalue weighted by Gasteiger charge is -2.09. The fraction of sp³-hybridized carbons (Fsp3) is 0.0833. The van der Waals surface area contributed by atoms with E-state index in [-0.39, 0.29) is 28.2 Å². The summed E-state index contributed by atoms with van der Waals surface area (Å²) in [4.78, 5) is 36.0. The predicted molar refractivity (Wildman–Crippen MR) is 133 cm³/mol. The molecule has 0 heterocycles. The summed E-state index contributed by atoms with van der Waals surface area (Å²) in [5, 5.41) is 9.28. The SMILES string of the molecule is Cc1ccccc1NC(=O)COc1ccc(/C=N\NC(=O)C(=O)Nc2cccc(Cl)c2Cl)cc1.